The van der Waals surface area contributed by atoms with Crippen LogP contribution in [-0.4, -0.2) is 12.8 Å². The minimum absolute atomic E-state index is 0.115. The molecular formula is C15H13FN2. The summed E-state index contributed by atoms with van der Waals surface area (Å²) in [6, 6.07) is 6.81. The molecule has 0 bridgehead atoms. The third-order valence-corrected chi connectivity index (χ3v) is 3.78. The van der Waals surface area contributed by atoms with Crippen molar-refractivity contribution in [1.82, 2.24) is 0 Å². The molecule has 1 aliphatic heterocycles. The summed E-state index contributed by atoms with van der Waals surface area (Å²) in [5.74, 6) is -0.167. The Morgan fingerprint density at radius 1 is 1.39 bits per heavy atom. The zero-order valence-corrected chi connectivity index (χ0v) is 9.99. The van der Waals surface area contributed by atoms with Crippen LogP contribution in [0.5, 0.6) is 0 Å². The van der Waals surface area contributed by atoms with Gasteiger partial charge in [-0.15, -0.1) is 0 Å². The van der Waals surface area contributed by atoms with E-state index in [-0.39, 0.29) is 11.5 Å². The normalized spacial score (nSPS) is 21.9. The van der Waals surface area contributed by atoms with Crippen LogP contribution in [0.3, 0.4) is 0 Å². The molecule has 18 heavy (non-hydrogen) atoms. The molecule has 0 fully saturated rings. The number of allylic oxidation sites excluding steroid dienone is 1. The fraction of sp³-hybridized carbons (Fsp3) is 0.333. The van der Waals surface area contributed by atoms with Crippen LogP contribution in [0.1, 0.15) is 36.3 Å². The molecule has 1 unspecified atom stereocenters. The fourth-order valence-corrected chi connectivity index (χ4v) is 2.86. The Morgan fingerprint density at radius 3 is 3.06 bits per heavy atom. The molecule has 0 radical (unpaired) electrons. The summed E-state index contributed by atoms with van der Waals surface area (Å²) < 4.78 is 13.7. The van der Waals surface area contributed by atoms with Gasteiger partial charge >= 0.3 is 0 Å². The number of rotatable bonds is 1. The van der Waals surface area contributed by atoms with Crippen molar-refractivity contribution in [3.8, 4) is 6.07 Å². The molecule has 90 valence electrons. The molecule has 1 aromatic carbocycles. The van der Waals surface area contributed by atoms with Crippen molar-refractivity contribution in [3.05, 3.63) is 46.3 Å². The van der Waals surface area contributed by atoms with Gasteiger partial charge in [0, 0.05) is 12.1 Å². The van der Waals surface area contributed by atoms with Gasteiger partial charge < -0.3 is 0 Å². The van der Waals surface area contributed by atoms with Gasteiger partial charge in [0.05, 0.1) is 12.1 Å². The molecule has 1 aromatic rings. The first-order valence-electron chi connectivity index (χ1n) is 6.21. The minimum Gasteiger partial charge on any atom is -0.288 e. The summed E-state index contributed by atoms with van der Waals surface area (Å²) in [6.45, 7) is 0.810. The maximum Gasteiger partial charge on any atom is 0.141 e. The second-order valence-corrected chi connectivity index (χ2v) is 4.82. The largest absolute Gasteiger partial charge is 0.288 e. The van der Waals surface area contributed by atoms with Gasteiger partial charge in [0.15, 0.2) is 0 Å². The van der Waals surface area contributed by atoms with E-state index in [4.69, 9.17) is 5.26 Å². The van der Waals surface area contributed by atoms with Crippen LogP contribution in [0.15, 0.2) is 34.3 Å². The summed E-state index contributed by atoms with van der Waals surface area (Å²) >= 11 is 0. The van der Waals surface area contributed by atoms with Crippen molar-refractivity contribution < 1.29 is 4.39 Å². The number of hydrogen-bond donors (Lipinski definition) is 0. The van der Waals surface area contributed by atoms with E-state index in [2.05, 4.69) is 4.99 Å². The van der Waals surface area contributed by atoms with Crippen molar-refractivity contribution in [2.45, 2.75) is 25.2 Å². The SMILES string of the molecule is N#Cc1ccc(C2CCCC3=C2C=NC3)cc1F. The maximum absolute atomic E-state index is 13.7. The second kappa shape index (κ2) is 4.38. The lowest BCUT2D eigenvalue weighted by atomic mass is 9.80. The Bertz CT molecular complexity index is 593. The van der Waals surface area contributed by atoms with E-state index >= 15 is 0 Å². The molecule has 1 atom stereocenters. The molecule has 0 saturated heterocycles. The first-order valence-corrected chi connectivity index (χ1v) is 6.21. The van der Waals surface area contributed by atoms with Gasteiger partial charge in [-0.25, -0.2) is 4.39 Å². The standard InChI is InChI=1S/C15H13FN2/c16-15-6-10(4-5-11(15)7-17)13-3-1-2-12-8-18-9-14(12)13/h4-6,9,13H,1-3,8H2. The summed E-state index contributed by atoms with van der Waals surface area (Å²) in [5.41, 5.74) is 3.75. The van der Waals surface area contributed by atoms with Crippen LogP contribution in [0.4, 0.5) is 4.39 Å². The Balaban J connectivity index is 2.00. The summed E-state index contributed by atoms with van der Waals surface area (Å²) in [4.78, 5) is 4.31. The molecular weight excluding hydrogens is 227 g/mol. The highest BCUT2D eigenvalue weighted by Crippen LogP contribution is 2.38. The molecule has 1 aliphatic carbocycles. The van der Waals surface area contributed by atoms with Crippen molar-refractivity contribution in [2.75, 3.05) is 6.54 Å². The molecule has 3 heteroatoms. The molecule has 0 N–H and O–H groups in total. The number of nitriles is 1. The third kappa shape index (κ3) is 1.74. The predicted octanol–water partition coefficient (Wildman–Crippen LogP) is 3.35. The fourth-order valence-electron chi connectivity index (χ4n) is 2.86. The van der Waals surface area contributed by atoms with Gasteiger partial charge in [-0.1, -0.05) is 6.07 Å². The highest BCUT2D eigenvalue weighted by molar-refractivity contribution is 5.85. The monoisotopic (exact) mass is 240 g/mol. The van der Waals surface area contributed by atoms with Crippen LogP contribution in [0.2, 0.25) is 0 Å². The second-order valence-electron chi connectivity index (χ2n) is 4.82. The Morgan fingerprint density at radius 2 is 2.28 bits per heavy atom. The van der Waals surface area contributed by atoms with Crippen LogP contribution in [0, 0.1) is 17.1 Å². The topological polar surface area (TPSA) is 36.1 Å². The molecule has 1 heterocycles. The van der Waals surface area contributed by atoms with Gasteiger partial charge in [-0.2, -0.15) is 5.26 Å². The Labute approximate surface area is 105 Å². The zero-order chi connectivity index (χ0) is 12.5. The number of aliphatic imine (C=N–C) groups is 1. The average molecular weight is 240 g/mol. The number of hydrogen-bond acceptors (Lipinski definition) is 2. The van der Waals surface area contributed by atoms with Crippen molar-refractivity contribution in [1.29, 1.82) is 5.26 Å². The lowest BCUT2D eigenvalue weighted by Crippen LogP contribution is -2.10. The van der Waals surface area contributed by atoms with E-state index in [9.17, 15) is 4.39 Å². The zero-order valence-electron chi connectivity index (χ0n) is 9.99. The molecule has 0 saturated carbocycles. The molecule has 0 spiro atoms. The van der Waals surface area contributed by atoms with Crippen LogP contribution in [-0.2, 0) is 0 Å². The van der Waals surface area contributed by atoms with E-state index in [1.165, 1.54) is 17.2 Å². The first-order chi connectivity index (χ1) is 8.79. The summed E-state index contributed by atoms with van der Waals surface area (Å²) in [7, 11) is 0. The van der Waals surface area contributed by atoms with Crippen molar-refractivity contribution in [3.63, 3.8) is 0 Å². The molecule has 2 nitrogen and oxygen atoms in total. The number of benzene rings is 1. The van der Waals surface area contributed by atoms with E-state index < -0.39 is 5.82 Å². The lowest BCUT2D eigenvalue weighted by molar-refractivity contribution is 0.599. The van der Waals surface area contributed by atoms with Gasteiger partial charge in [0.25, 0.3) is 0 Å². The smallest absolute Gasteiger partial charge is 0.141 e. The van der Waals surface area contributed by atoms with Gasteiger partial charge in [-0.3, -0.25) is 4.99 Å². The molecule has 2 aliphatic rings. The lowest BCUT2D eigenvalue weighted by Gasteiger charge is -2.24. The highest BCUT2D eigenvalue weighted by atomic mass is 19.1. The summed E-state index contributed by atoms with van der Waals surface area (Å²) in [5, 5.41) is 8.75. The highest BCUT2D eigenvalue weighted by Gasteiger charge is 2.26. The first kappa shape index (κ1) is 11.2. The number of nitrogens with zero attached hydrogens (tertiary/aromatic N) is 2. The van der Waals surface area contributed by atoms with E-state index in [1.54, 1.807) is 6.07 Å². The molecule has 3 rings (SSSR count). The van der Waals surface area contributed by atoms with Gasteiger partial charge in [-0.05, 0) is 48.1 Å². The van der Waals surface area contributed by atoms with Crippen LogP contribution >= 0.6 is 0 Å². The molecule has 0 aromatic heterocycles. The predicted molar refractivity (Wildman–Crippen MR) is 68.1 cm³/mol. The minimum atomic E-state index is -0.419. The maximum atomic E-state index is 13.7. The molecule has 0 amide bonds. The summed E-state index contributed by atoms with van der Waals surface area (Å²) in [6.07, 6.45) is 5.23. The van der Waals surface area contributed by atoms with Gasteiger partial charge in [0.2, 0.25) is 0 Å². The Hall–Kier alpha value is -1.95. The van der Waals surface area contributed by atoms with Gasteiger partial charge in [0.1, 0.15) is 11.9 Å². The average Bonchev–Trinajstić information content (AvgIpc) is 2.86. The quantitative estimate of drug-likeness (QED) is 0.741. The van der Waals surface area contributed by atoms with Crippen LogP contribution in [0.25, 0.3) is 0 Å². The van der Waals surface area contributed by atoms with Crippen LogP contribution < -0.4 is 0 Å². The Kier molecular flexibility index (Phi) is 2.71. The van der Waals surface area contributed by atoms with E-state index in [0.29, 0.717) is 0 Å². The number of halogens is 1. The third-order valence-electron chi connectivity index (χ3n) is 3.78. The van der Waals surface area contributed by atoms with Crippen molar-refractivity contribution >= 4 is 6.21 Å². The van der Waals surface area contributed by atoms with Crippen molar-refractivity contribution in [2.24, 2.45) is 4.99 Å². The van der Waals surface area contributed by atoms with E-state index in [0.717, 1.165) is 31.4 Å². The van der Waals surface area contributed by atoms with E-state index in [1.807, 2.05) is 18.4 Å².